The van der Waals surface area contributed by atoms with Gasteiger partial charge in [0.15, 0.2) is 0 Å². The molecule has 28 heavy (non-hydrogen) atoms. The maximum absolute atomic E-state index is 12.1. The van der Waals surface area contributed by atoms with E-state index in [9.17, 15) is 9.59 Å². The van der Waals surface area contributed by atoms with Crippen LogP contribution in [0.3, 0.4) is 0 Å². The van der Waals surface area contributed by atoms with E-state index in [1.165, 1.54) is 0 Å². The number of carbonyl (C=O) groups is 2. The lowest BCUT2D eigenvalue weighted by molar-refractivity contribution is -0.115. The zero-order chi connectivity index (χ0) is 20.5. The average molecular weight is 383 g/mol. The first-order chi connectivity index (χ1) is 13.4. The minimum atomic E-state index is -0.302. The van der Waals surface area contributed by atoms with Crippen LogP contribution < -0.4 is 20.3 Å². The molecule has 2 aromatic rings. The van der Waals surface area contributed by atoms with Crippen molar-refractivity contribution in [2.75, 3.05) is 29.9 Å². The molecule has 150 valence electrons. The number of hydrogen-bond acceptors (Lipinski definition) is 4. The van der Waals surface area contributed by atoms with Crippen LogP contribution >= 0.6 is 0 Å². The molecule has 0 heterocycles. The lowest BCUT2D eigenvalue weighted by Crippen LogP contribution is -2.33. The molecule has 0 aliphatic rings. The molecule has 2 amide bonds. The van der Waals surface area contributed by atoms with Crippen LogP contribution in [-0.4, -0.2) is 37.6 Å². The van der Waals surface area contributed by atoms with Crippen LogP contribution in [-0.2, 0) is 4.79 Å². The Morgan fingerprint density at radius 2 is 1.64 bits per heavy atom. The van der Waals surface area contributed by atoms with Crippen molar-refractivity contribution in [2.45, 2.75) is 33.7 Å². The standard InChI is InChI=1S/C22H29N3O3/c1-5-25(16(3)4)19-11-9-18(10-12-19)24-21(26)15-23-22(27)17-7-13-20(14-8-17)28-6-2/h7-14,16H,5-6,15H2,1-4H3,(H,23,27)(H,24,26). The predicted octanol–water partition coefficient (Wildman–Crippen LogP) is 3.69. The third kappa shape index (κ3) is 6.01. The van der Waals surface area contributed by atoms with E-state index in [2.05, 4.69) is 36.3 Å². The summed E-state index contributed by atoms with van der Waals surface area (Å²) < 4.78 is 5.35. The SMILES string of the molecule is CCOc1ccc(C(=O)NCC(=O)Nc2ccc(N(CC)C(C)C)cc2)cc1. The molecular formula is C22H29N3O3. The molecule has 0 saturated heterocycles. The first-order valence-electron chi connectivity index (χ1n) is 9.62. The van der Waals surface area contributed by atoms with Gasteiger partial charge in [-0.2, -0.15) is 0 Å². The van der Waals surface area contributed by atoms with Gasteiger partial charge < -0.3 is 20.3 Å². The van der Waals surface area contributed by atoms with Crippen molar-refractivity contribution in [3.05, 3.63) is 54.1 Å². The summed E-state index contributed by atoms with van der Waals surface area (Å²) in [4.78, 5) is 26.5. The fourth-order valence-corrected chi connectivity index (χ4v) is 2.92. The number of nitrogens with zero attached hydrogens (tertiary/aromatic N) is 1. The molecule has 6 heteroatoms. The summed E-state index contributed by atoms with van der Waals surface area (Å²) in [6.07, 6.45) is 0. The van der Waals surface area contributed by atoms with Gasteiger partial charge in [-0.1, -0.05) is 0 Å². The fraction of sp³-hybridized carbons (Fsp3) is 0.364. The highest BCUT2D eigenvalue weighted by Gasteiger charge is 2.10. The van der Waals surface area contributed by atoms with Gasteiger partial charge in [0.1, 0.15) is 5.75 Å². The summed E-state index contributed by atoms with van der Waals surface area (Å²) in [6, 6.07) is 14.9. The highest BCUT2D eigenvalue weighted by molar-refractivity contribution is 5.99. The summed E-state index contributed by atoms with van der Waals surface area (Å²) in [5, 5.41) is 5.42. The van der Waals surface area contributed by atoms with Crippen molar-refractivity contribution in [1.82, 2.24) is 5.32 Å². The van der Waals surface area contributed by atoms with Crippen molar-refractivity contribution < 1.29 is 14.3 Å². The van der Waals surface area contributed by atoms with Gasteiger partial charge in [-0.25, -0.2) is 0 Å². The van der Waals surface area contributed by atoms with Gasteiger partial charge in [-0.05, 0) is 76.2 Å². The van der Waals surface area contributed by atoms with Gasteiger partial charge in [0, 0.05) is 29.5 Å². The highest BCUT2D eigenvalue weighted by atomic mass is 16.5. The van der Waals surface area contributed by atoms with Crippen LogP contribution in [0.25, 0.3) is 0 Å². The van der Waals surface area contributed by atoms with Crippen molar-refractivity contribution >= 4 is 23.2 Å². The third-order valence-electron chi connectivity index (χ3n) is 4.28. The Labute approximate surface area is 166 Å². The second-order valence-corrected chi connectivity index (χ2v) is 6.61. The third-order valence-corrected chi connectivity index (χ3v) is 4.28. The average Bonchev–Trinajstić information content (AvgIpc) is 2.68. The second-order valence-electron chi connectivity index (χ2n) is 6.61. The van der Waals surface area contributed by atoms with Crippen LogP contribution in [0.15, 0.2) is 48.5 Å². The maximum Gasteiger partial charge on any atom is 0.251 e. The molecule has 0 saturated carbocycles. The minimum absolute atomic E-state index is 0.0964. The van der Waals surface area contributed by atoms with Gasteiger partial charge >= 0.3 is 0 Å². The molecule has 0 aliphatic carbocycles. The lowest BCUT2D eigenvalue weighted by Gasteiger charge is -2.27. The first-order valence-corrected chi connectivity index (χ1v) is 9.62. The summed E-state index contributed by atoms with van der Waals surface area (Å²) >= 11 is 0. The molecule has 2 N–H and O–H groups in total. The largest absolute Gasteiger partial charge is 0.494 e. The van der Waals surface area contributed by atoms with Gasteiger partial charge in [0.25, 0.3) is 5.91 Å². The minimum Gasteiger partial charge on any atom is -0.494 e. The van der Waals surface area contributed by atoms with E-state index in [-0.39, 0.29) is 18.4 Å². The molecule has 0 bridgehead atoms. The van der Waals surface area contributed by atoms with E-state index in [4.69, 9.17) is 4.74 Å². The van der Waals surface area contributed by atoms with Crippen molar-refractivity contribution in [3.63, 3.8) is 0 Å². The monoisotopic (exact) mass is 383 g/mol. The Hall–Kier alpha value is -3.02. The first kappa shape index (κ1) is 21.3. The molecule has 2 aromatic carbocycles. The summed E-state index contributed by atoms with van der Waals surface area (Å²) in [7, 11) is 0. The predicted molar refractivity (Wildman–Crippen MR) is 113 cm³/mol. The van der Waals surface area contributed by atoms with Crippen LogP contribution in [0.1, 0.15) is 38.1 Å². The van der Waals surface area contributed by atoms with Crippen molar-refractivity contribution in [2.24, 2.45) is 0 Å². The Bertz CT molecular complexity index is 771. The Morgan fingerprint density at radius 3 is 2.18 bits per heavy atom. The summed E-state index contributed by atoms with van der Waals surface area (Å²) in [6.45, 7) is 9.70. The zero-order valence-corrected chi connectivity index (χ0v) is 17.0. The van der Waals surface area contributed by atoms with E-state index in [0.717, 1.165) is 12.2 Å². The number of carbonyl (C=O) groups excluding carboxylic acids is 2. The number of anilines is 2. The van der Waals surface area contributed by atoms with E-state index in [1.807, 2.05) is 31.2 Å². The highest BCUT2D eigenvalue weighted by Crippen LogP contribution is 2.19. The Kier molecular flexibility index (Phi) is 7.87. The zero-order valence-electron chi connectivity index (χ0n) is 17.0. The molecule has 0 fully saturated rings. The van der Waals surface area contributed by atoms with Gasteiger partial charge in [0.05, 0.1) is 13.2 Å². The number of benzene rings is 2. The van der Waals surface area contributed by atoms with Gasteiger partial charge in [-0.3, -0.25) is 9.59 Å². The Morgan fingerprint density at radius 1 is 1.00 bits per heavy atom. The maximum atomic E-state index is 12.1. The molecule has 0 atom stereocenters. The summed E-state index contributed by atoms with van der Waals surface area (Å²) in [5.41, 5.74) is 2.29. The topological polar surface area (TPSA) is 70.7 Å². The van der Waals surface area contributed by atoms with Crippen LogP contribution in [0.2, 0.25) is 0 Å². The molecule has 0 aliphatic heterocycles. The van der Waals surface area contributed by atoms with Crippen LogP contribution in [0, 0.1) is 0 Å². The molecule has 0 unspecified atom stereocenters. The van der Waals surface area contributed by atoms with Crippen LogP contribution in [0.5, 0.6) is 5.75 Å². The molecule has 6 nitrogen and oxygen atoms in total. The normalized spacial score (nSPS) is 10.5. The number of nitrogens with one attached hydrogen (secondary N) is 2. The second kappa shape index (κ2) is 10.3. The molecule has 0 radical (unpaired) electrons. The van der Waals surface area contributed by atoms with E-state index in [0.29, 0.717) is 29.6 Å². The van der Waals surface area contributed by atoms with Crippen molar-refractivity contribution in [3.8, 4) is 5.75 Å². The molecular weight excluding hydrogens is 354 g/mol. The number of rotatable bonds is 9. The number of ether oxygens (including phenoxy) is 1. The lowest BCUT2D eigenvalue weighted by atomic mass is 10.2. The van der Waals surface area contributed by atoms with Gasteiger partial charge in [0.2, 0.25) is 5.91 Å². The number of hydrogen-bond donors (Lipinski definition) is 2. The number of amides is 2. The van der Waals surface area contributed by atoms with Crippen LogP contribution in [0.4, 0.5) is 11.4 Å². The molecule has 0 spiro atoms. The molecule has 2 rings (SSSR count). The smallest absolute Gasteiger partial charge is 0.251 e. The summed E-state index contributed by atoms with van der Waals surface area (Å²) in [5.74, 6) is 0.131. The fourth-order valence-electron chi connectivity index (χ4n) is 2.92. The van der Waals surface area contributed by atoms with E-state index >= 15 is 0 Å². The Balaban J connectivity index is 1.85. The van der Waals surface area contributed by atoms with Gasteiger partial charge in [-0.15, -0.1) is 0 Å². The van der Waals surface area contributed by atoms with E-state index < -0.39 is 0 Å². The van der Waals surface area contributed by atoms with E-state index in [1.54, 1.807) is 24.3 Å². The van der Waals surface area contributed by atoms with Crippen molar-refractivity contribution in [1.29, 1.82) is 0 Å². The quantitative estimate of drug-likeness (QED) is 0.693. The molecule has 0 aromatic heterocycles.